The van der Waals surface area contributed by atoms with Crippen molar-refractivity contribution in [1.82, 2.24) is 9.97 Å². The van der Waals surface area contributed by atoms with Crippen molar-refractivity contribution < 1.29 is 16.8 Å². The van der Waals surface area contributed by atoms with Crippen LogP contribution in [0.3, 0.4) is 0 Å². The second-order valence-corrected chi connectivity index (χ2v) is 12.2. The van der Waals surface area contributed by atoms with Crippen molar-refractivity contribution in [3.05, 3.63) is 78.2 Å². The molecule has 2 aromatic carbocycles. The van der Waals surface area contributed by atoms with Gasteiger partial charge in [-0.15, -0.1) is 0 Å². The molecule has 0 spiro atoms. The Morgan fingerprint density at radius 1 is 0.758 bits per heavy atom. The third-order valence-corrected chi connectivity index (χ3v) is 7.42. The van der Waals surface area contributed by atoms with Crippen molar-refractivity contribution in [3.63, 3.8) is 0 Å². The molecule has 14 heteroatoms. The molecule has 0 saturated heterocycles. The minimum Gasteiger partial charge on any atom is -0.360 e. The van der Waals surface area contributed by atoms with Gasteiger partial charge in [0.1, 0.15) is 9.79 Å². The highest BCUT2D eigenvalue weighted by molar-refractivity contribution is 9.10. The van der Waals surface area contributed by atoms with E-state index in [9.17, 15) is 26.4 Å². The summed E-state index contributed by atoms with van der Waals surface area (Å²) in [4.78, 5) is 28.2. The lowest BCUT2D eigenvalue weighted by atomic mass is 10.2. The van der Waals surface area contributed by atoms with Gasteiger partial charge in [0.05, 0.1) is 0 Å². The number of H-pyrrole nitrogens is 2. The van der Waals surface area contributed by atoms with Crippen LogP contribution < -0.4 is 16.0 Å². The van der Waals surface area contributed by atoms with Crippen molar-refractivity contribution >= 4 is 83.4 Å². The van der Waals surface area contributed by atoms with Crippen LogP contribution in [0.4, 0.5) is 0 Å². The fraction of sp³-hybridized carbons (Fsp3) is 0.0526. The molecule has 4 N–H and O–H groups in total. The first-order chi connectivity index (χ1) is 14.8. The van der Waals surface area contributed by atoms with Gasteiger partial charge < -0.3 is 9.97 Å². The first kappa shape index (κ1) is 27.2. The van der Waals surface area contributed by atoms with E-state index in [2.05, 4.69) is 41.8 Å². The molecular weight excluding hydrogens is 626 g/mol. The van der Waals surface area contributed by atoms with E-state index in [0.717, 1.165) is 12.4 Å². The number of hydrogen-bond donors (Lipinski definition) is 3. The van der Waals surface area contributed by atoms with Gasteiger partial charge in [0.15, 0.2) is 0 Å². The summed E-state index contributed by atoms with van der Waals surface area (Å²) in [5.74, 6) is 0. The minimum atomic E-state index is -4.02. The number of sulfonamides is 1. The van der Waals surface area contributed by atoms with E-state index in [1.807, 2.05) is 0 Å². The van der Waals surface area contributed by atoms with Crippen LogP contribution in [0, 0.1) is 0 Å². The summed E-state index contributed by atoms with van der Waals surface area (Å²) in [6, 6.07) is 9.92. The Bertz CT molecular complexity index is 1570. The third-order valence-electron chi connectivity index (χ3n) is 4.19. The van der Waals surface area contributed by atoms with Crippen LogP contribution in [0.25, 0.3) is 21.8 Å². The lowest BCUT2D eigenvalue weighted by molar-refractivity contribution is 0.596. The lowest BCUT2D eigenvalue weighted by Gasteiger charge is -2.01. The molecule has 0 bridgehead atoms. The number of benzene rings is 2. The van der Waals surface area contributed by atoms with E-state index >= 15 is 0 Å². The van der Waals surface area contributed by atoms with Gasteiger partial charge >= 0.3 is 0 Å². The highest BCUT2D eigenvalue weighted by Gasteiger charge is 2.17. The number of aromatic amines is 2. The fourth-order valence-corrected chi connectivity index (χ4v) is 4.92. The number of pyridine rings is 2. The zero-order valence-corrected chi connectivity index (χ0v) is 21.2. The topological polar surface area (TPSA) is 160 Å². The normalized spacial score (nSPS) is 11.5. The molecule has 33 heavy (non-hydrogen) atoms. The number of hydrogen-bond acceptors (Lipinski definition) is 6. The van der Waals surface area contributed by atoms with E-state index in [1.54, 1.807) is 36.4 Å². The summed E-state index contributed by atoms with van der Waals surface area (Å²) in [6.45, 7) is 0. The third kappa shape index (κ3) is 6.11. The Morgan fingerprint density at radius 3 is 1.55 bits per heavy atom. The molecular formula is C19H16Br2ClN3O6S2. The van der Waals surface area contributed by atoms with Gasteiger partial charge in [0.2, 0.25) is 20.9 Å². The molecule has 0 aliphatic rings. The number of nitrogens with one attached hydrogen (secondary N) is 2. The molecule has 0 aliphatic heterocycles. The van der Waals surface area contributed by atoms with Crippen LogP contribution in [0.1, 0.15) is 7.43 Å². The van der Waals surface area contributed by atoms with E-state index < -0.39 is 39.7 Å². The Balaban J connectivity index is 0.000000227. The fourth-order valence-electron chi connectivity index (χ4n) is 2.74. The zero-order chi connectivity index (χ0) is 23.8. The van der Waals surface area contributed by atoms with Gasteiger partial charge in [-0.2, -0.15) is 0 Å². The van der Waals surface area contributed by atoms with Crippen molar-refractivity contribution in [1.29, 1.82) is 0 Å². The standard InChI is InChI=1S/C9H5BrClNO3S.C9H7BrN2O3S.CH4/c2*10-5-1-2-7-6(3-5)9(13)8(4-12-7)16(11,14)15;/h1-4H,(H,12,13);1-4H,(H,12,13)(H2,11,14,15);1H4. The smallest absolute Gasteiger partial charge is 0.266 e. The van der Waals surface area contributed by atoms with Gasteiger partial charge in [0.25, 0.3) is 9.05 Å². The molecule has 2 heterocycles. The number of nitrogens with two attached hydrogens (primary N) is 1. The molecule has 0 saturated carbocycles. The Kier molecular flexibility index (Phi) is 8.31. The summed E-state index contributed by atoms with van der Waals surface area (Å²) >= 11 is 6.41. The van der Waals surface area contributed by atoms with Crippen LogP contribution >= 0.6 is 42.5 Å². The molecule has 0 radical (unpaired) electrons. The highest BCUT2D eigenvalue weighted by atomic mass is 79.9. The number of primary sulfonamides is 1. The van der Waals surface area contributed by atoms with E-state index in [1.165, 1.54) is 0 Å². The van der Waals surface area contributed by atoms with E-state index in [0.29, 0.717) is 20.0 Å². The zero-order valence-electron chi connectivity index (χ0n) is 15.6. The molecule has 9 nitrogen and oxygen atoms in total. The van der Waals surface area contributed by atoms with Gasteiger partial charge in [-0.3, -0.25) is 9.59 Å². The summed E-state index contributed by atoms with van der Waals surface area (Å²) in [5, 5.41) is 5.48. The summed E-state index contributed by atoms with van der Waals surface area (Å²) in [7, 11) is -2.88. The molecule has 0 aliphatic carbocycles. The monoisotopic (exact) mass is 639 g/mol. The Morgan fingerprint density at radius 2 is 1.15 bits per heavy atom. The Hall–Kier alpha value is -2.03. The molecule has 4 rings (SSSR count). The Labute approximate surface area is 209 Å². The maximum absolute atomic E-state index is 11.8. The van der Waals surface area contributed by atoms with Gasteiger partial charge in [-0.05, 0) is 36.4 Å². The van der Waals surface area contributed by atoms with Crippen molar-refractivity contribution in [2.24, 2.45) is 5.14 Å². The summed E-state index contributed by atoms with van der Waals surface area (Å²) in [6.07, 6.45) is 2.20. The maximum atomic E-state index is 11.8. The molecule has 0 atom stereocenters. The van der Waals surface area contributed by atoms with Crippen LogP contribution in [-0.2, 0) is 19.1 Å². The molecule has 0 amide bonds. The van der Waals surface area contributed by atoms with Gasteiger partial charge in [-0.1, -0.05) is 39.3 Å². The van der Waals surface area contributed by atoms with Crippen LogP contribution in [-0.4, -0.2) is 26.8 Å². The molecule has 2 aromatic heterocycles. The molecule has 0 fully saturated rings. The number of rotatable bonds is 2. The maximum Gasteiger partial charge on any atom is 0.266 e. The lowest BCUT2D eigenvalue weighted by Crippen LogP contribution is -2.21. The summed E-state index contributed by atoms with van der Waals surface area (Å²) in [5.41, 5.74) is -0.0968. The average Bonchev–Trinajstić information content (AvgIpc) is 2.68. The molecule has 0 unspecified atom stereocenters. The van der Waals surface area contributed by atoms with Crippen molar-refractivity contribution in [2.75, 3.05) is 0 Å². The van der Waals surface area contributed by atoms with Crippen molar-refractivity contribution in [2.45, 2.75) is 17.2 Å². The first-order valence-corrected chi connectivity index (χ1v) is 13.8. The minimum absolute atomic E-state index is 0. The van der Waals surface area contributed by atoms with Gasteiger partial charge in [0, 0.05) is 53.8 Å². The van der Waals surface area contributed by atoms with E-state index in [4.69, 9.17) is 15.8 Å². The number of fused-ring (bicyclic) bond motifs is 2. The van der Waals surface area contributed by atoms with E-state index in [-0.39, 0.29) is 18.2 Å². The van der Waals surface area contributed by atoms with Crippen molar-refractivity contribution in [3.8, 4) is 0 Å². The number of halogens is 3. The van der Waals surface area contributed by atoms with Gasteiger partial charge in [-0.25, -0.2) is 22.0 Å². The molecule has 4 aromatic rings. The summed E-state index contributed by atoms with van der Waals surface area (Å²) < 4.78 is 45.9. The SMILES string of the molecule is C.NS(=O)(=O)c1c[nH]c2ccc(Br)cc2c1=O.O=c1c(S(=O)(=O)Cl)c[nH]c2ccc(Br)cc12. The number of aromatic nitrogens is 2. The molecule has 176 valence electrons. The average molecular weight is 642 g/mol. The van der Waals surface area contributed by atoms with Crippen LogP contribution in [0.15, 0.2) is 77.1 Å². The first-order valence-electron chi connectivity index (χ1n) is 8.38. The second-order valence-electron chi connectivity index (χ2n) is 6.33. The second kappa shape index (κ2) is 10.1. The van der Waals surface area contributed by atoms with Crippen LogP contribution in [0.2, 0.25) is 0 Å². The quantitative estimate of drug-likeness (QED) is 0.283. The van der Waals surface area contributed by atoms with Crippen LogP contribution in [0.5, 0.6) is 0 Å². The predicted octanol–water partition coefficient (Wildman–Crippen LogP) is 3.79. The predicted molar refractivity (Wildman–Crippen MR) is 136 cm³/mol. The highest BCUT2D eigenvalue weighted by Crippen LogP contribution is 2.18. The largest absolute Gasteiger partial charge is 0.360 e.